The Morgan fingerprint density at radius 2 is 2.08 bits per heavy atom. The second-order valence-electron chi connectivity index (χ2n) is 6.25. The molecule has 132 valence electrons. The second kappa shape index (κ2) is 6.96. The van der Waals surface area contributed by atoms with E-state index in [1.54, 1.807) is 16.9 Å². The lowest BCUT2D eigenvalue weighted by molar-refractivity contribution is -0.116. The van der Waals surface area contributed by atoms with Crippen LogP contribution in [-0.2, 0) is 11.2 Å². The zero-order chi connectivity index (χ0) is 18.0. The number of benzene rings is 1. The van der Waals surface area contributed by atoms with Gasteiger partial charge >= 0.3 is 0 Å². The lowest BCUT2D eigenvalue weighted by Gasteiger charge is -2.17. The summed E-state index contributed by atoms with van der Waals surface area (Å²) in [5.74, 6) is 1.27. The van der Waals surface area contributed by atoms with Crippen LogP contribution in [0.2, 0.25) is 0 Å². The Morgan fingerprint density at radius 3 is 2.80 bits per heavy atom. The lowest BCUT2D eigenvalue weighted by Crippen LogP contribution is -2.32. The van der Waals surface area contributed by atoms with E-state index in [2.05, 4.69) is 20.7 Å². The third-order valence-electron chi connectivity index (χ3n) is 3.92. The molecule has 0 fully saturated rings. The van der Waals surface area contributed by atoms with Gasteiger partial charge in [-0.05, 0) is 39.0 Å². The molecular weight excluding hydrogens is 318 g/mol. The number of hydrogen-bond acceptors (Lipinski definition) is 5. The monoisotopic (exact) mass is 341 g/mol. The molecule has 0 spiro atoms. The summed E-state index contributed by atoms with van der Waals surface area (Å²) in [5.41, 5.74) is 2.36. The predicted molar refractivity (Wildman–Crippen MR) is 97.7 cm³/mol. The first-order valence-electron chi connectivity index (χ1n) is 8.48. The number of carbonyl (C=O) groups excluding carboxylic acids is 1. The minimum absolute atomic E-state index is 0.128. The number of aryl methyl sites for hydroxylation is 1. The molecule has 0 aliphatic carbocycles. The first kappa shape index (κ1) is 17.0. The average Bonchev–Trinajstić information content (AvgIpc) is 3.20. The Balaban J connectivity index is 1.69. The predicted octanol–water partition coefficient (Wildman–Crippen LogP) is 3.61. The molecule has 2 heterocycles. The van der Waals surface area contributed by atoms with Crippen molar-refractivity contribution < 1.29 is 9.21 Å². The van der Waals surface area contributed by atoms with Crippen LogP contribution in [0.15, 0.2) is 34.9 Å². The minimum Gasteiger partial charge on any atom is -0.441 e. The molecule has 0 radical (unpaired) electrons. The van der Waals surface area contributed by atoms with Crippen LogP contribution in [0.3, 0.4) is 0 Å². The number of anilines is 2. The molecule has 25 heavy (non-hydrogen) atoms. The van der Waals surface area contributed by atoms with Gasteiger partial charge in [-0.2, -0.15) is 5.10 Å². The van der Waals surface area contributed by atoms with Gasteiger partial charge in [0.2, 0.25) is 5.91 Å². The van der Waals surface area contributed by atoms with Crippen LogP contribution in [0.4, 0.5) is 11.5 Å². The van der Waals surface area contributed by atoms with Gasteiger partial charge in [0.15, 0.2) is 11.5 Å². The van der Waals surface area contributed by atoms with E-state index < -0.39 is 6.04 Å². The molecule has 0 aliphatic heterocycles. The Hall–Kier alpha value is -2.83. The lowest BCUT2D eigenvalue weighted by atomic mass is 10.2. The van der Waals surface area contributed by atoms with Gasteiger partial charge in [-0.25, -0.2) is 9.67 Å². The molecule has 0 saturated carbocycles. The first-order valence-corrected chi connectivity index (χ1v) is 8.48. The fourth-order valence-corrected chi connectivity index (χ4v) is 2.59. The van der Waals surface area contributed by atoms with Gasteiger partial charge in [-0.15, -0.1) is 0 Å². The molecule has 2 aromatic heterocycles. The normalized spacial score (nSPS) is 12.5. The van der Waals surface area contributed by atoms with E-state index in [0.29, 0.717) is 11.7 Å². The zero-order valence-electron chi connectivity index (χ0n) is 14.9. The van der Waals surface area contributed by atoms with Crippen LogP contribution in [0.1, 0.15) is 39.6 Å². The SMILES string of the molecule is CCc1nc2cc(N[C@H](C)C(=O)Nc3ccnn3C(C)C)ccc2o1. The van der Waals surface area contributed by atoms with Crippen molar-refractivity contribution >= 4 is 28.5 Å². The highest BCUT2D eigenvalue weighted by atomic mass is 16.3. The number of nitrogens with zero attached hydrogens (tertiary/aromatic N) is 3. The molecular formula is C18H23N5O2. The maximum atomic E-state index is 12.5. The van der Waals surface area contributed by atoms with Gasteiger partial charge in [0, 0.05) is 24.2 Å². The zero-order valence-corrected chi connectivity index (χ0v) is 14.9. The Labute approximate surface area is 146 Å². The quantitative estimate of drug-likeness (QED) is 0.715. The summed E-state index contributed by atoms with van der Waals surface area (Å²) in [4.78, 5) is 16.9. The summed E-state index contributed by atoms with van der Waals surface area (Å²) < 4.78 is 7.38. The van der Waals surface area contributed by atoms with Crippen molar-refractivity contribution in [2.45, 2.75) is 46.2 Å². The third kappa shape index (κ3) is 3.65. The first-order chi connectivity index (χ1) is 12.0. The standard InChI is InChI=1S/C18H23N5O2/c1-5-17-21-14-10-13(6-7-15(14)25-17)20-12(4)18(24)22-16-8-9-19-23(16)11(2)3/h6-12,20H,5H2,1-4H3,(H,22,24)/t12-/m1/s1. The number of hydrogen-bond donors (Lipinski definition) is 2. The Kier molecular flexibility index (Phi) is 4.74. The van der Waals surface area contributed by atoms with E-state index in [1.807, 2.05) is 45.9 Å². The summed E-state index contributed by atoms with van der Waals surface area (Å²) in [7, 11) is 0. The molecule has 1 aromatic carbocycles. The van der Waals surface area contributed by atoms with Crippen LogP contribution in [0.5, 0.6) is 0 Å². The fraction of sp³-hybridized carbons (Fsp3) is 0.389. The van der Waals surface area contributed by atoms with E-state index in [-0.39, 0.29) is 11.9 Å². The van der Waals surface area contributed by atoms with Crippen molar-refractivity contribution in [1.82, 2.24) is 14.8 Å². The van der Waals surface area contributed by atoms with Crippen molar-refractivity contribution in [2.24, 2.45) is 0 Å². The number of rotatable bonds is 6. The number of aromatic nitrogens is 3. The number of fused-ring (bicyclic) bond motifs is 1. The summed E-state index contributed by atoms with van der Waals surface area (Å²) >= 11 is 0. The molecule has 0 bridgehead atoms. The third-order valence-corrected chi connectivity index (χ3v) is 3.92. The highest BCUT2D eigenvalue weighted by Crippen LogP contribution is 2.21. The molecule has 1 atom stereocenters. The molecule has 3 aromatic rings. The van der Waals surface area contributed by atoms with E-state index in [0.717, 1.165) is 23.2 Å². The molecule has 0 saturated heterocycles. The number of oxazole rings is 1. The maximum absolute atomic E-state index is 12.5. The molecule has 7 nitrogen and oxygen atoms in total. The summed E-state index contributed by atoms with van der Waals surface area (Å²) in [6.45, 7) is 7.85. The van der Waals surface area contributed by atoms with Gasteiger partial charge < -0.3 is 15.1 Å². The van der Waals surface area contributed by atoms with Crippen LogP contribution < -0.4 is 10.6 Å². The van der Waals surface area contributed by atoms with Crippen molar-refractivity contribution in [3.8, 4) is 0 Å². The smallest absolute Gasteiger partial charge is 0.247 e. The van der Waals surface area contributed by atoms with Crippen LogP contribution in [-0.4, -0.2) is 26.7 Å². The van der Waals surface area contributed by atoms with Gasteiger partial charge in [0.1, 0.15) is 17.4 Å². The minimum atomic E-state index is -0.412. The number of nitrogens with one attached hydrogen (secondary N) is 2. The van der Waals surface area contributed by atoms with E-state index >= 15 is 0 Å². The molecule has 0 unspecified atom stereocenters. The van der Waals surface area contributed by atoms with Gasteiger partial charge in [-0.3, -0.25) is 4.79 Å². The molecule has 3 rings (SSSR count). The molecule has 2 N–H and O–H groups in total. The highest BCUT2D eigenvalue weighted by Gasteiger charge is 2.16. The molecule has 1 amide bonds. The summed E-state index contributed by atoms with van der Waals surface area (Å²) in [6.07, 6.45) is 2.43. The maximum Gasteiger partial charge on any atom is 0.247 e. The number of amides is 1. The van der Waals surface area contributed by atoms with E-state index in [1.165, 1.54) is 0 Å². The van der Waals surface area contributed by atoms with Gasteiger partial charge in [0.25, 0.3) is 0 Å². The largest absolute Gasteiger partial charge is 0.441 e. The molecule has 7 heteroatoms. The fourth-order valence-electron chi connectivity index (χ4n) is 2.59. The van der Waals surface area contributed by atoms with Crippen molar-refractivity contribution in [2.75, 3.05) is 10.6 Å². The van der Waals surface area contributed by atoms with Crippen molar-refractivity contribution in [3.63, 3.8) is 0 Å². The topological polar surface area (TPSA) is 85.0 Å². The van der Waals surface area contributed by atoms with Crippen LogP contribution in [0, 0.1) is 0 Å². The Bertz CT molecular complexity index is 881. The van der Waals surface area contributed by atoms with Gasteiger partial charge in [0.05, 0.1) is 6.20 Å². The van der Waals surface area contributed by atoms with Crippen LogP contribution in [0.25, 0.3) is 11.1 Å². The van der Waals surface area contributed by atoms with Crippen molar-refractivity contribution in [1.29, 1.82) is 0 Å². The van der Waals surface area contributed by atoms with Crippen LogP contribution >= 0.6 is 0 Å². The molecule has 0 aliphatic rings. The van der Waals surface area contributed by atoms with E-state index in [9.17, 15) is 4.79 Å². The summed E-state index contributed by atoms with van der Waals surface area (Å²) in [6, 6.07) is 7.19. The highest BCUT2D eigenvalue weighted by molar-refractivity contribution is 5.95. The van der Waals surface area contributed by atoms with Gasteiger partial charge in [-0.1, -0.05) is 6.92 Å². The second-order valence-corrected chi connectivity index (χ2v) is 6.25. The number of carbonyl (C=O) groups is 1. The Morgan fingerprint density at radius 1 is 1.28 bits per heavy atom. The van der Waals surface area contributed by atoms with E-state index in [4.69, 9.17) is 4.42 Å². The average molecular weight is 341 g/mol. The summed E-state index contributed by atoms with van der Waals surface area (Å²) in [5, 5.41) is 10.3. The van der Waals surface area contributed by atoms with Crippen molar-refractivity contribution in [3.05, 3.63) is 36.4 Å².